The summed E-state index contributed by atoms with van der Waals surface area (Å²) in [4.78, 5) is 0. The Hall–Kier alpha value is -0.700. The SMILES string of the molecule is COc1ccc(C(Cl)c2cc(C)cc(Cl)c2)cc1Br. The van der Waals surface area contributed by atoms with Gasteiger partial charge in [-0.05, 0) is 63.8 Å². The highest BCUT2D eigenvalue weighted by Gasteiger charge is 2.13. The molecule has 0 radical (unpaired) electrons. The molecule has 4 heteroatoms. The van der Waals surface area contributed by atoms with Gasteiger partial charge in [-0.2, -0.15) is 0 Å². The van der Waals surface area contributed by atoms with Crippen molar-refractivity contribution in [2.45, 2.75) is 12.3 Å². The van der Waals surface area contributed by atoms with Crippen molar-refractivity contribution in [3.8, 4) is 5.75 Å². The van der Waals surface area contributed by atoms with Crippen LogP contribution < -0.4 is 4.74 Å². The minimum atomic E-state index is -0.236. The summed E-state index contributed by atoms with van der Waals surface area (Å²) in [5.74, 6) is 0.787. The van der Waals surface area contributed by atoms with Gasteiger partial charge in [0.25, 0.3) is 0 Å². The number of hydrogen-bond acceptors (Lipinski definition) is 1. The van der Waals surface area contributed by atoms with Crippen molar-refractivity contribution in [2.24, 2.45) is 0 Å². The van der Waals surface area contributed by atoms with E-state index >= 15 is 0 Å². The van der Waals surface area contributed by atoms with Gasteiger partial charge in [0.15, 0.2) is 0 Å². The molecule has 2 aromatic rings. The van der Waals surface area contributed by atoms with E-state index in [4.69, 9.17) is 27.9 Å². The third kappa shape index (κ3) is 3.44. The molecule has 0 saturated heterocycles. The van der Waals surface area contributed by atoms with E-state index < -0.39 is 0 Å². The van der Waals surface area contributed by atoms with Gasteiger partial charge in [0.1, 0.15) is 5.75 Å². The van der Waals surface area contributed by atoms with E-state index in [1.54, 1.807) is 7.11 Å². The fourth-order valence-electron chi connectivity index (χ4n) is 1.94. The van der Waals surface area contributed by atoms with Crippen LogP contribution in [0.2, 0.25) is 5.02 Å². The fraction of sp³-hybridized carbons (Fsp3) is 0.200. The van der Waals surface area contributed by atoms with Crippen molar-refractivity contribution >= 4 is 39.1 Å². The predicted molar refractivity (Wildman–Crippen MR) is 84.6 cm³/mol. The van der Waals surface area contributed by atoms with E-state index in [1.807, 2.05) is 43.3 Å². The average molecular weight is 360 g/mol. The highest BCUT2D eigenvalue weighted by molar-refractivity contribution is 9.10. The summed E-state index contributed by atoms with van der Waals surface area (Å²) in [5.41, 5.74) is 3.08. The summed E-state index contributed by atoms with van der Waals surface area (Å²) < 4.78 is 6.10. The van der Waals surface area contributed by atoms with Crippen LogP contribution >= 0.6 is 39.1 Å². The molecule has 0 heterocycles. The quantitative estimate of drug-likeness (QED) is 0.634. The zero-order valence-corrected chi connectivity index (χ0v) is 13.7. The van der Waals surface area contributed by atoms with Crippen LogP contribution in [0.5, 0.6) is 5.75 Å². The summed E-state index contributed by atoms with van der Waals surface area (Å²) in [5, 5.41) is 0.466. The molecule has 1 unspecified atom stereocenters. The van der Waals surface area contributed by atoms with Crippen LogP contribution in [0, 0.1) is 6.92 Å². The number of methoxy groups -OCH3 is 1. The van der Waals surface area contributed by atoms with Crippen molar-refractivity contribution in [2.75, 3.05) is 7.11 Å². The molecule has 1 atom stereocenters. The minimum Gasteiger partial charge on any atom is -0.496 e. The van der Waals surface area contributed by atoms with Gasteiger partial charge in [-0.3, -0.25) is 0 Å². The molecule has 0 fully saturated rings. The molecule has 100 valence electrons. The van der Waals surface area contributed by atoms with Gasteiger partial charge in [-0.15, -0.1) is 11.6 Å². The first kappa shape index (κ1) is 14.7. The van der Waals surface area contributed by atoms with Gasteiger partial charge in [-0.25, -0.2) is 0 Å². The second-order valence-electron chi connectivity index (χ2n) is 4.32. The Labute approximate surface area is 131 Å². The standard InChI is InChI=1S/C15H13BrCl2O/c1-9-5-11(7-12(17)6-9)15(18)10-3-4-14(19-2)13(16)8-10/h3-8,15H,1-2H3. The van der Waals surface area contributed by atoms with E-state index in [1.165, 1.54) is 0 Å². The molecule has 0 aromatic heterocycles. The summed E-state index contributed by atoms with van der Waals surface area (Å²) in [6, 6.07) is 11.7. The highest BCUT2D eigenvalue weighted by Crippen LogP contribution is 2.35. The number of aryl methyl sites for hydroxylation is 1. The minimum absolute atomic E-state index is 0.236. The van der Waals surface area contributed by atoms with Gasteiger partial charge in [0.05, 0.1) is 17.0 Å². The third-order valence-corrected chi connectivity index (χ3v) is 4.17. The van der Waals surface area contributed by atoms with Gasteiger partial charge < -0.3 is 4.74 Å². The van der Waals surface area contributed by atoms with Gasteiger partial charge in [0, 0.05) is 5.02 Å². The van der Waals surface area contributed by atoms with E-state index in [0.29, 0.717) is 5.02 Å². The van der Waals surface area contributed by atoms with Crippen LogP contribution in [0.4, 0.5) is 0 Å². The van der Waals surface area contributed by atoms with E-state index in [0.717, 1.165) is 26.9 Å². The van der Waals surface area contributed by atoms with Crippen molar-refractivity contribution in [1.82, 2.24) is 0 Å². The number of benzene rings is 2. The van der Waals surface area contributed by atoms with Crippen LogP contribution in [-0.2, 0) is 0 Å². The molecule has 19 heavy (non-hydrogen) atoms. The van der Waals surface area contributed by atoms with Crippen molar-refractivity contribution < 1.29 is 4.74 Å². The van der Waals surface area contributed by atoms with Crippen molar-refractivity contribution in [3.63, 3.8) is 0 Å². The maximum Gasteiger partial charge on any atom is 0.133 e. The topological polar surface area (TPSA) is 9.23 Å². The summed E-state index contributed by atoms with van der Waals surface area (Å²) in [6.07, 6.45) is 0. The third-order valence-electron chi connectivity index (χ3n) is 2.83. The molecular formula is C15H13BrCl2O. The molecule has 0 amide bonds. The maximum atomic E-state index is 6.52. The maximum absolute atomic E-state index is 6.52. The number of hydrogen-bond donors (Lipinski definition) is 0. The van der Waals surface area contributed by atoms with Crippen LogP contribution in [0.3, 0.4) is 0 Å². The lowest BCUT2D eigenvalue weighted by atomic mass is 10.0. The fourth-order valence-corrected chi connectivity index (χ4v) is 3.06. The van der Waals surface area contributed by atoms with Crippen LogP contribution in [-0.4, -0.2) is 7.11 Å². The molecule has 2 aromatic carbocycles. The van der Waals surface area contributed by atoms with E-state index in [9.17, 15) is 0 Å². The lowest BCUT2D eigenvalue weighted by Gasteiger charge is -2.13. The average Bonchev–Trinajstić information content (AvgIpc) is 2.36. The van der Waals surface area contributed by atoms with Gasteiger partial charge in [-0.1, -0.05) is 23.7 Å². The number of ether oxygens (including phenoxy) is 1. The van der Waals surface area contributed by atoms with Gasteiger partial charge in [0.2, 0.25) is 0 Å². The lowest BCUT2D eigenvalue weighted by Crippen LogP contribution is -1.95. The number of alkyl halides is 1. The van der Waals surface area contributed by atoms with E-state index in [-0.39, 0.29) is 5.38 Å². The Balaban J connectivity index is 2.38. The molecular weight excluding hydrogens is 347 g/mol. The Bertz CT molecular complexity index is 578. The smallest absolute Gasteiger partial charge is 0.133 e. The Morgan fingerprint density at radius 2 is 1.84 bits per heavy atom. The molecule has 0 aliphatic rings. The Morgan fingerprint density at radius 1 is 1.11 bits per heavy atom. The van der Waals surface area contributed by atoms with Crippen LogP contribution in [0.1, 0.15) is 22.1 Å². The number of rotatable bonds is 3. The van der Waals surface area contributed by atoms with Crippen LogP contribution in [0.15, 0.2) is 40.9 Å². The van der Waals surface area contributed by atoms with Crippen LogP contribution in [0.25, 0.3) is 0 Å². The first-order valence-electron chi connectivity index (χ1n) is 5.76. The molecule has 0 saturated carbocycles. The molecule has 0 N–H and O–H groups in total. The van der Waals surface area contributed by atoms with E-state index in [2.05, 4.69) is 15.9 Å². The Morgan fingerprint density at radius 3 is 2.42 bits per heavy atom. The Kier molecular flexibility index (Phi) is 4.77. The summed E-state index contributed by atoms with van der Waals surface area (Å²) in [6.45, 7) is 2.00. The zero-order chi connectivity index (χ0) is 14.0. The highest BCUT2D eigenvalue weighted by atomic mass is 79.9. The monoisotopic (exact) mass is 358 g/mol. The molecule has 1 nitrogen and oxygen atoms in total. The van der Waals surface area contributed by atoms with Gasteiger partial charge >= 0.3 is 0 Å². The molecule has 0 aliphatic heterocycles. The predicted octanol–water partition coefficient (Wildman–Crippen LogP) is 5.75. The second kappa shape index (κ2) is 6.17. The zero-order valence-electron chi connectivity index (χ0n) is 10.6. The first-order chi connectivity index (χ1) is 9.01. The first-order valence-corrected chi connectivity index (χ1v) is 7.36. The molecule has 0 aliphatic carbocycles. The summed E-state index contributed by atoms with van der Waals surface area (Å²) in [7, 11) is 1.64. The normalized spacial score (nSPS) is 12.3. The number of halogens is 3. The molecule has 0 spiro atoms. The molecule has 2 rings (SSSR count). The second-order valence-corrected chi connectivity index (χ2v) is 6.05. The lowest BCUT2D eigenvalue weighted by molar-refractivity contribution is 0.412. The van der Waals surface area contributed by atoms with Crippen molar-refractivity contribution in [1.29, 1.82) is 0 Å². The summed E-state index contributed by atoms with van der Waals surface area (Å²) >= 11 is 16.1. The largest absolute Gasteiger partial charge is 0.496 e. The van der Waals surface area contributed by atoms with Crippen molar-refractivity contribution in [3.05, 3.63) is 62.6 Å². The molecule has 0 bridgehead atoms.